The molecule has 2 spiro atoms. The van der Waals surface area contributed by atoms with Crippen LogP contribution in [-0.2, 0) is 22.6 Å². The van der Waals surface area contributed by atoms with E-state index in [0.29, 0.717) is 47.2 Å². The smallest absolute Gasteiger partial charge is 0.237 e. The third-order valence-corrected chi connectivity index (χ3v) is 12.2. The zero-order chi connectivity index (χ0) is 36.6. The number of methoxy groups -OCH3 is 2. The fourth-order valence-corrected chi connectivity index (χ4v) is 9.56. The average molecular weight is 718 g/mol. The first-order chi connectivity index (χ1) is 25.6. The largest absolute Gasteiger partial charge is 0.481 e. The van der Waals surface area contributed by atoms with E-state index < -0.39 is 0 Å². The first-order valence-electron chi connectivity index (χ1n) is 18.5. The number of aromatic nitrogens is 3. The van der Waals surface area contributed by atoms with Gasteiger partial charge in [0.05, 0.1) is 37.3 Å². The van der Waals surface area contributed by atoms with Crippen LogP contribution in [0.3, 0.4) is 0 Å². The van der Waals surface area contributed by atoms with Crippen LogP contribution >= 0.6 is 0 Å². The minimum atomic E-state index is -0.380. The Morgan fingerprint density at radius 1 is 0.925 bits per heavy atom. The predicted molar refractivity (Wildman–Crippen MR) is 197 cm³/mol. The van der Waals surface area contributed by atoms with Gasteiger partial charge in [-0.05, 0) is 55.0 Å². The van der Waals surface area contributed by atoms with Gasteiger partial charge in [-0.25, -0.2) is 14.4 Å². The lowest BCUT2D eigenvalue weighted by Gasteiger charge is -2.60. The van der Waals surface area contributed by atoms with Crippen molar-refractivity contribution >= 4 is 11.8 Å². The van der Waals surface area contributed by atoms with Crippen LogP contribution in [-0.4, -0.2) is 100 Å². The number of pyridine rings is 1. The van der Waals surface area contributed by atoms with Gasteiger partial charge in [-0.3, -0.25) is 24.4 Å². The second-order valence-corrected chi connectivity index (χ2v) is 15.8. The van der Waals surface area contributed by atoms with E-state index in [1.807, 2.05) is 36.1 Å². The molecule has 0 saturated carbocycles. The summed E-state index contributed by atoms with van der Waals surface area (Å²) in [6.45, 7) is 9.31. The van der Waals surface area contributed by atoms with Crippen molar-refractivity contribution in [1.29, 1.82) is 0 Å². The molecule has 4 aliphatic heterocycles. The van der Waals surface area contributed by atoms with Gasteiger partial charge >= 0.3 is 0 Å². The normalized spacial score (nSPS) is 21.2. The highest BCUT2D eigenvalue weighted by atomic mass is 19.1. The minimum absolute atomic E-state index is 0.0810. The summed E-state index contributed by atoms with van der Waals surface area (Å²) in [6, 6.07) is 13.7. The Morgan fingerprint density at radius 2 is 1.62 bits per heavy atom. The molecule has 4 saturated heterocycles. The number of likely N-dealkylation sites (tertiary alicyclic amines) is 3. The molecular formula is C41H44FN7O4. The number of fused-ring (bicyclic) bond motifs is 1. The molecule has 11 nitrogen and oxygen atoms in total. The van der Waals surface area contributed by atoms with Gasteiger partial charge < -0.3 is 19.7 Å². The van der Waals surface area contributed by atoms with Crippen molar-refractivity contribution in [2.45, 2.75) is 57.7 Å². The molecule has 4 aromatic rings. The standard InChI is InChI=1S/C41H44FN7O4/c1-24-27(7-5-8-28(24)31-15-26-11-12-34(36(26)39(44-31)53-4)49-22-41(23-49)14-13-35(51)46-41)29-9-6-10-30(37(29)42)32-16-43-33(38(45-32)52-3)17-47-18-40(19-47)20-48(21-40)25(2)50/h5-10,15-16,34H,11-14,17-23H2,1-4H3,(H,46,51)/t34-/m0/s1. The molecule has 12 heteroatoms. The number of hydrogen-bond donors (Lipinski definition) is 1. The molecular weight excluding hydrogens is 673 g/mol. The van der Waals surface area contributed by atoms with Crippen LogP contribution in [0.2, 0.25) is 0 Å². The van der Waals surface area contributed by atoms with Crippen molar-refractivity contribution in [3.8, 4) is 45.4 Å². The number of nitrogens with zero attached hydrogens (tertiary/aromatic N) is 6. The van der Waals surface area contributed by atoms with Crippen LogP contribution < -0.4 is 14.8 Å². The van der Waals surface area contributed by atoms with Crippen LogP contribution in [0.1, 0.15) is 54.6 Å². The Labute approximate surface area is 308 Å². The number of hydrogen-bond acceptors (Lipinski definition) is 9. The minimum Gasteiger partial charge on any atom is -0.481 e. The molecule has 2 aromatic heterocycles. The summed E-state index contributed by atoms with van der Waals surface area (Å²) in [5.74, 6) is 0.901. The summed E-state index contributed by atoms with van der Waals surface area (Å²) >= 11 is 0. The summed E-state index contributed by atoms with van der Waals surface area (Å²) in [5.41, 5.74) is 7.79. The number of carbonyl (C=O) groups excluding carboxylic acids is 2. The second kappa shape index (κ2) is 12.6. The average Bonchev–Trinajstić information content (AvgIpc) is 3.71. The maximum Gasteiger partial charge on any atom is 0.237 e. The van der Waals surface area contributed by atoms with E-state index in [9.17, 15) is 9.59 Å². The summed E-state index contributed by atoms with van der Waals surface area (Å²) in [4.78, 5) is 44.6. The summed E-state index contributed by atoms with van der Waals surface area (Å²) in [6.07, 6.45) is 5.02. The van der Waals surface area contributed by atoms with Gasteiger partial charge in [0.25, 0.3) is 0 Å². The summed E-state index contributed by atoms with van der Waals surface area (Å²) in [7, 11) is 3.23. The van der Waals surface area contributed by atoms with Crippen molar-refractivity contribution in [2.24, 2.45) is 5.41 Å². The van der Waals surface area contributed by atoms with Crippen molar-refractivity contribution in [2.75, 3.05) is 53.5 Å². The van der Waals surface area contributed by atoms with Crippen LogP contribution in [0.25, 0.3) is 33.6 Å². The number of aryl methyl sites for hydroxylation is 1. The van der Waals surface area contributed by atoms with Gasteiger partial charge in [0.1, 0.15) is 11.5 Å². The third-order valence-electron chi connectivity index (χ3n) is 12.2. The molecule has 2 amide bonds. The number of halogens is 1. The molecule has 274 valence electrons. The molecule has 1 aliphatic carbocycles. The molecule has 9 rings (SSSR count). The predicted octanol–water partition coefficient (Wildman–Crippen LogP) is 4.95. The molecule has 53 heavy (non-hydrogen) atoms. The molecule has 1 N–H and O–H groups in total. The van der Waals surface area contributed by atoms with Crippen molar-refractivity contribution in [3.63, 3.8) is 0 Å². The molecule has 1 atom stereocenters. The van der Waals surface area contributed by atoms with Gasteiger partial charge in [0.2, 0.25) is 23.6 Å². The lowest BCUT2D eigenvalue weighted by Crippen LogP contribution is -2.72. The molecule has 0 unspecified atom stereocenters. The SMILES string of the molecule is COc1nc(-c2cccc(-c3cccc(-c4cc5c(c(OC)n4)[C@@H](N4CC6(CCC(=O)N6)C4)CC5)c3C)c2F)cnc1CN1CC2(C1)CN(C(C)=O)C2. The highest BCUT2D eigenvalue weighted by molar-refractivity contribution is 5.81. The summed E-state index contributed by atoms with van der Waals surface area (Å²) in [5, 5.41) is 3.19. The Bertz CT molecular complexity index is 2150. The van der Waals surface area contributed by atoms with E-state index in [4.69, 9.17) is 19.4 Å². The first kappa shape index (κ1) is 33.9. The van der Waals surface area contributed by atoms with Crippen LogP contribution in [0.5, 0.6) is 11.8 Å². The second-order valence-electron chi connectivity index (χ2n) is 15.8. The van der Waals surface area contributed by atoms with Gasteiger partial charge in [-0.2, -0.15) is 0 Å². The van der Waals surface area contributed by atoms with E-state index >= 15 is 4.39 Å². The maximum absolute atomic E-state index is 16.6. The zero-order valence-electron chi connectivity index (χ0n) is 30.7. The topological polar surface area (TPSA) is 113 Å². The highest BCUT2D eigenvalue weighted by Crippen LogP contribution is 2.47. The molecule has 5 aliphatic rings. The molecule has 0 bridgehead atoms. The quantitative estimate of drug-likeness (QED) is 0.271. The Kier molecular flexibility index (Phi) is 8.04. The van der Waals surface area contributed by atoms with Crippen molar-refractivity contribution in [1.82, 2.24) is 35.0 Å². The Hall–Kier alpha value is -4.94. The van der Waals surface area contributed by atoms with Gasteiger partial charge in [0, 0.05) is 92.9 Å². The fourth-order valence-electron chi connectivity index (χ4n) is 9.56. The Balaban J connectivity index is 0.956. The molecule has 0 radical (unpaired) electrons. The van der Waals surface area contributed by atoms with E-state index in [1.165, 1.54) is 5.56 Å². The Morgan fingerprint density at radius 3 is 2.32 bits per heavy atom. The molecule has 2 aromatic carbocycles. The summed E-state index contributed by atoms with van der Waals surface area (Å²) < 4.78 is 28.1. The van der Waals surface area contributed by atoms with Gasteiger partial charge in [-0.15, -0.1) is 0 Å². The number of amides is 2. The number of nitrogens with one attached hydrogen (secondary N) is 1. The van der Waals surface area contributed by atoms with E-state index in [1.54, 1.807) is 39.5 Å². The zero-order valence-corrected chi connectivity index (χ0v) is 30.7. The fraction of sp³-hybridized carbons (Fsp3) is 0.439. The number of rotatable bonds is 8. The highest BCUT2D eigenvalue weighted by Gasteiger charge is 2.53. The van der Waals surface area contributed by atoms with Crippen LogP contribution in [0, 0.1) is 18.2 Å². The third kappa shape index (κ3) is 5.65. The maximum atomic E-state index is 16.6. The van der Waals surface area contributed by atoms with E-state index in [0.717, 1.165) is 86.5 Å². The van der Waals surface area contributed by atoms with E-state index in [2.05, 4.69) is 26.2 Å². The lowest BCUT2D eigenvalue weighted by atomic mass is 9.73. The van der Waals surface area contributed by atoms with Gasteiger partial charge in [0.15, 0.2) is 0 Å². The number of ether oxygens (including phenoxy) is 2. The van der Waals surface area contributed by atoms with Crippen LogP contribution in [0.15, 0.2) is 48.7 Å². The van der Waals surface area contributed by atoms with Gasteiger partial charge in [-0.1, -0.05) is 30.3 Å². The van der Waals surface area contributed by atoms with Crippen molar-refractivity contribution < 1.29 is 23.5 Å². The van der Waals surface area contributed by atoms with Crippen molar-refractivity contribution in [3.05, 3.63) is 76.9 Å². The van der Waals surface area contributed by atoms with E-state index in [-0.39, 0.29) is 34.6 Å². The van der Waals surface area contributed by atoms with Crippen LogP contribution in [0.4, 0.5) is 4.39 Å². The number of carbonyl (C=O) groups is 2. The number of benzene rings is 2. The molecule has 6 heterocycles. The monoisotopic (exact) mass is 717 g/mol. The first-order valence-corrected chi connectivity index (χ1v) is 18.5. The molecule has 4 fully saturated rings. The lowest BCUT2D eigenvalue weighted by molar-refractivity contribution is -0.157.